The summed E-state index contributed by atoms with van der Waals surface area (Å²) in [6.45, 7) is 1.32. The highest BCUT2D eigenvalue weighted by Crippen LogP contribution is 2.43. The van der Waals surface area contributed by atoms with Gasteiger partial charge < -0.3 is 14.8 Å². The number of ether oxygens (including phenoxy) is 2. The van der Waals surface area contributed by atoms with E-state index in [0.717, 1.165) is 19.3 Å². The number of nitrogens with one attached hydrogen (secondary N) is 1. The topological polar surface area (TPSA) is 47.6 Å². The zero-order valence-corrected chi connectivity index (χ0v) is 10.8. The van der Waals surface area contributed by atoms with Crippen LogP contribution in [0, 0.1) is 17.7 Å². The van der Waals surface area contributed by atoms with E-state index in [2.05, 4.69) is 5.32 Å². The van der Waals surface area contributed by atoms with Crippen molar-refractivity contribution in [1.82, 2.24) is 5.32 Å². The largest absolute Gasteiger partial charge is 0.484 e. The molecular weight excluding hydrogens is 273 g/mol. The summed E-state index contributed by atoms with van der Waals surface area (Å²) in [4.78, 5) is 11.7. The van der Waals surface area contributed by atoms with E-state index in [1.807, 2.05) is 0 Å². The Labute approximate surface area is 114 Å². The second-order valence-electron chi connectivity index (χ2n) is 4.82. The Morgan fingerprint density at radius 1 is 1.47 bits per heavy atom. The smallest absolute Gasteiger partial charge is 0.258 e. The number of hydrogen-bond acceptors (Lipinski definition) is 3. The molecule has 1 aromatic carbocycles. The number of halogens is 2. The molecule has 1 saturated heterocycles. The highest BCUT2D eigenvalue weighted by molar-refractivity contribution is 6.30. The predicted octanol–water partition coefficient (Wildman–Crippen LogP) is 1.62. The van der Waals surface area contributed by atoms with Crippen molar-refractivity contribution in [2.45, 2.75) is 6.04 Å². The van der Waals surface area contributed by atoms with E-state index < -0.39 is 5.82 Å². The summed E-state index contributed by atoms with van der Waals surface area (Å²) in [5.41, 5.74) is 0. The van der Waals surface area contributed by atoms with E-state index in [1.165, 1.54) is 12.1 Å². The van der Waals surface area contributed by atoms with Crippen LogP contribution in [0.3, 0.4) is 0 Å². The van der Waals surface area contributed by atoms with Crippen LogP contribution in [0.5, 0.6) is 5.75 Å². The maximum Gasteiger partial charge on any atom is 0.258 e. The lowest BCUT2D eigenvalue weighted by Gasteiger charge is -2.09. The summed E-state index contributed by atoms with van der Waals surface area (Å²) in [7, 11) is 0. The minimum atomic E-state index is -0.562. The SMILES string of the molecule is O=C(COc1ccc(Cl)c(F)c1)NC1[C@H]2COC[C@@H]12. The van der Waals surface area contributed by atoms with Crippen LogP contribution >= 0.6 is 11.6 Å². The van der Waals surface area contributed by atoms with Gasteiger partial charge in [-0.05, 0) is 12.1 Å². The van der Waals surface area contributed by atoms with E-state index in [0.29, 0.717) is 11.8 Å². The Morgan fingerprint density at radius 3 is 2.89 bits per heavy atom. The molecule has 19 heavy (non-hydrogen) atoms. The average molecular weight is 286 g/mol. The molecule has 2 fully saturated rings. The highest BCUT2D eigenvalue weighted by Gasteiger charge is 2.54. The first-order valence-electron chi connectivity index (χ1n) is 6.10. The van der Waals surface area contributed by atoms with Crippen LogP contribution in [0.25, 0.3) is 0 Å². The molecule has 3 atom stereocenters. The van der Waals surface area contributed by atoms with Gasteiger partial charge in [-0.25, -0.2) is 4.39 Å². The van der Waals surface area contributed by atoms with Gasteiger partial charge in [-0.2, -0.15) is 0 Å². The van der Waals surface area contributed by atoms with Crippen molar-refractivity contribution in [3.8, 4) is 5.75 Å². The van der Waals surface area contributed by atoms with Gasteiger partial charge in [0.1, 0.15) is 11.6 Å². The second-order valence-corrected chi connectivity index (χ2v) is 5.23. The standard InChI is InChI=1S/C13H13ClFNO3/c14-10-2-1-7(3-11(10)15)19-6-12(17)16-13-8-4-18-5-9(8)13/h1-3,8-9,13H,4-6H2,(H,16,17)/t8-,9+,13?. The van der Waals surface area contributed by atoms with Crippen molar-refractivity contribution in [2.24, 2.45) is 11.8 Å². The molecule has 4 nitrogen and oxygen atoms in total. The third-order valence-corrected chi connectivity index (χ3v) is 3.85. The molecule has 6 heteroatoms. The van der Waals surface area contributed by atoms with Crippen LogP contribution in [0.4, 0.5) is 4.39 Å². The summed E-state index contributed by atoms with van der Waals surface area (Å²) in [5.74, 6) is 0.438. The van der Waals surface area contributed by atoms with Crippen molar-refractivity contribution in [1.29, 1.82) is 0 Å². The number of carbonyl (C=O) groups is 1. The molecule has 102 valence electrons. The van der Waals surface area contributed by atoms with E-state index >= 15 is 0 Å². The van der Waals surface area contributed by atoms with Crippen molar-refractivity contribution >= 4 is 17.5 Å². The zero-order valence-electron chi connectivity index (χ0n) is 10.1. The van der Waals surface area contributed by atoms with Crippen LogP contribution in [0.1, 0.15) is 0 Å². The molecule has 1 aromatic rings. The molecular formula is C13H13ClFNO3. The summed E-state index contributed by atoms with van der Waals surface area (Å²) in [6, 6.07) is 4.30. The van der Waals surface area contributed by atoms with Crippen LogP contribution < -0.4 is 10.1 Å². The highest BCUT2D eigenvalue weighted by atomic mass is 35.5. The maximum absolute atomic E-state index is 13.2. The minimum Gasteiger partial charge on any atom is -0.484 e. The van der Waals surface area contributed by atoms with Gasteiger partial charge in [-0.15, -0.1) is 0 Å². The van der Waals surface area contributed by atoms with Gasteiger partial charge in [0.25, 0.3) is 5.91 Å². The fourth-order valence-corrected chi connectivity index (χ4v) is 2.51. The average Bonchev–Trinajstić information content (AvgIpc) is 2.84. The van der Waals surface area contributed by atoms with Crippen molar-refractivity contribution in [2.75, 3.05) is 19.8 Å². The molecule has 1 N–H and O–H groups in total. The molecule has 3 rings (SSSR count). The first-order chi connectivity index (χ1) is 9.15. The number of benzene rings is 1. The monoisotopic (exact) mass is 285 g/mol. The van der Waals surface area contributed by atoms with E-state index in [-0.39, 0.29) is 29.3 Å². The lowest BCUT2D eigenvalue weighted by Crippen LogP contribution is -2.33. The molecule has 0 spiro atoms. The number of rotatable bonds is 4. The minimum absolute atomic E-state index is 0.0302. The van der Waals surface area contributed by atoms with Crippen molar-refractivity contribution < 1.29 is 18.7 Å². The molecule has 0 radical (unpaired) electrons. The normalized spacial score (nSPS) is 27.8. The van der Waals surface area contributed by atoms with Crippen molar-refractivity contribution in [3.05, 3.63) is 29.0 Å². The number of hydrogen-bond donors (Lipinski definition) is 1. The molecule has 1 aliphatic carbocycles. The van der Waals surface area contributed by atoms with Crippen molar-refractivity contribution in [3.63, 3.8) is 0 Å². The third kappa shape index (κ3) is 2.67. The van der Waals surface area contributed by atoms with E-state index in [1.54, 1.807) is 0 Å². The molecule has 1 unspecified atom stereocenters. The molecule has 1 aliphatic heterocycles. The van der Waals surface area contributed by atoms with Gasteiger partial charge in [0, 0.05) is 23.9 Å². The quantitative estimate of drug-likeness (QED) is 0.914. The lowest BCUT2D eigenvalue weighted by molar-refractivity contribution is -0.123. The van der Waals surface area contributed by atoms with Gasteiger partial charge in [-0.1, -0.05) is 11.6 Å². The molecule has 2 aliphatic rings. The predicted molar refractivity (Wildman–Crippen MR) is 66.6 cm³/mol. The summed E-state index contributed by atoms with van der Waals surface area (Å²) in [5, 5.41) is 2.92. The van der Waals surface area contributed by atoms with Gasteiger partial charge in [-0.3, -0.25) is 4.79 Å². The van der Waals surface area contributed by atoms with Crippen LogP contribution in [0.15, 0.2) is 18.2 Å². The molecule has 1 amide bonds. The fourth-order valence-electron chi connectivity index (χ4n) is 2.40. The zero-order chi connectivity index (χ0) is 13.4. The van der Waals surface area contributed by atoms with E-state index in [9.17, 15) is 9.18 Å². The van der Waals surface area contributed by atoms with E-state index in [4.69, 9.17) is 21.1 Å². The Bertz CT molecular complexity index is 501. The number of carbonyl (C=O) groups excluding carboxylic acids is 1. The first-order valence-corrected chi connectivity index (χ1v) is 6.48. The summed E-state index contributed by atoms with van der Waals surface area (Å²) in [6.07, 6.45) is 0. The second kappa shape index (κ2) is 4.98. The third-order valence-electron chi connectivity index (χ3n) is 3.54. The fraction of sp³-hybridized carbons (Fsp3) is 0.462. The Balaban J connectivity index is 1.46. The Kier molecular flexibility index (Phi) is 3.33. The molecule has 0 aromatic heterocycles. The lowest BCUT2D eigenvalue weighted by atomic mass is 10.3. The summed E-state index contributed by atoms with van der Waals surface area (Å²) >= 11 is 5.55. The molecule has 1 heterocycles. The van der Waals surface area contributed by atoms with Crippen LogP contribution in [0.2, 0.25) is 5.02 Å². The Morgan fingerprint density at radius 2 is 2.21 bits per heavy atom. The first kappa shape index (κ1) is 12.7. The van der Waals surface area contributed by atoms with Gasteiger partial charge in [0.2, 0.25) is 0 Å². The summed E-state index contributed by atoms with van der Waals surface area (Å²) < 4.78 is 23.6. The molecule has 1 saturated carbocycles. The number of fused-ring (bicyclic) bond motifs is 1. The molecule has 0 bridgehead atoms. The Hall–Kier alpha value is -1.33. The van der Waals surface area contributed by atoms with Gasteiger partial charge in [0.05, 0.1) is 18.2 Å². The van der Waals surface area contributed by atoms with Gasteiger partial charge >= 0.3 is 0 Å². The maximum atomic E-state index is 13.2. The van der Waals surface area contributed by atoms with Gasteiger partial charge in [0.15, 0.2) is 6.61 Å². The van der Waals surface area contributed by atoms with Crippen LogP contribution in [-0.4, -0.2) is 31.8 Å². The van der Waals surface area contributed by atoms with Crippen LogP contribution in [-0.2, 0) is 9.53 Å². The number of amides is 1.